The third kappa shape index (κ3) is 24.4. The number of rotatable bonds is 27. The standard InChI is InChI=1S/C31H66P.BrH/c1-5-9-13-14-15-16-17-18-19-20-21-22-23-27-31-32(28-24-10-6-2,29-25-11-7-3)30-26-12-8-4;/h5-31H2,1-4H3;1H/q+1;/p-1. The van der Waals surface area contributed by atoms with Crippen molar-refractivity contribution in [3.63, 3.8) is 0 Å². The normalized spacial score (nSPS) is 11.6. The Bertz CT molecular complexity index is 317. The summed E-state index contributed by atoms with van der Waals surface area (Å²) in [6.07, 6.45) is 40.5. The minimum atomic E-state index is -0.670. The zero-order valence-electron chi connectivity index (χ0n) is 23.9. The van der Waals surface area contributed by atoms with Crippen LogP contribution in [0.15, 0.2) is 0 Å². The topological polar surface area (TPSA) is 0 Å². The molecule has 0 unspecified atom stereocenters. The van der Waals surface area contributed by atoms with E-state index in [0.717, 1.165) is 0 Å². The molecule has 0 saturated heterocycles. The lowest BCUT2D eigenvalue weighted by molar-refractivity contribution is -0.00000734. The van der Waals surface area contributed by atoms with E-state index >= 15 is 0 Å². The lowest BCUT2D eigenvalue weighted by atomic mass is 10.0. The van der Waals surface area contributed by atoms with E-state index in [2.05, 4.69) is 27.7 Å². The molecule has 0 aliphatic heterocycles. The van der Waals surface area contributed by atoms with Crippen LogP contribution in [-0.2, 0) is 0 Å². The molecule has 0 bridgehead atoms. The Kier molecular flexibility index (Phi) is 31.9. The van der Waals surface area contributed by atoms with E-state index in [1.807, 2.05) is 0 Å². The van der Waals surface area contributed by atoms with Crippen molar-refractivity contribution in [1.82, 2.24) is 0 Å². The zero-order valence-corrected chi connectivity index (χ0v) is 26.4. The van der Waals surface area contributed by atoms with Gasteiger partial charge in [0, 0.05) is 7.26 Å². The van der Waals surface area contributed by atoms with Gasteiger partial charge in [0.1, 0.15) is 0 Å². The number of hydrogen-bond acceptors (Lipinski definition) is 0. The Labute approximate surface area is 223 Å². The minimum absolute atomic E-state index is 0. The van der Waals surface area contributed by atoms with Gasteiger partial charge in [0.15, 0.2) is 0 Å². The first-order chi connectivity index (χ1) is 15.7. The highest BCUT2D eigenvalue weighted by molar-refractivity contribution is 7.75. The van der Waals surface area contributed by atoms with Crippen LogP contribution in [-0.4, -0.2) is 24.6 Å². The van der Waals surface area contributed by atoms with E-state index in [1.54, 1.807) is 31.1 Å². The van der Waals surface area contributed by atoms with E-state index in [1.165, 1.54) is 141 Å². The minimum Gasteiger partial charge on any atom is -1.00 e. The first kappa shape index (κ1) is 36.1. The average molecular weight is 550 g/mol. The highest BCUT2D eigenvalue weighted by Gasteiger charge is 2.34. The molecule has 0 aliphatic carbocycles. The van der Waals surface area contributed by atoms with Crippen LogP contribution < -0.4 is 17.0 Å². The highest BCUT2D eigenvalue weighted by Crippen LogP contribution is 2.61. The molecule has 0 N–H and O–H groups in total. The SMILES string of the molecule is CCCCCCCCCCCCCCCC[P+](CCCCC)(CCCCC)CCCCC.[Br-]. The predicted octanol–water partition coefficient (Wildman–Crippen LogP) is 9.06. The molecule has 0 saturated carbocycles. The van der Waals surface area contributed by atoms with E-state index in [4.69, 9.17) is 0 Å². The first-order valence-electron chi connectivity index (χ1n) is 15.6. The Morgan fingerprint density at radius 3 is 0.727 bits per heavy atom. The lowest BCUT2D eigenvalue weighted by Crippen LogP contribution is -3.00. The van der Waals surface area contributed by atoms with Crippen molar-refractivity contribution in [2.45, 2.75) is 175 Å². The van der Waals surface area contributed by atoms with Crippen LogP contribution in [0.25, 0.3) is 0 Å². The molecule has 0 aromatic carbocycles. The molecule has 0 amide bonds. The summed E-state index contributed by atoms with van der Waals surface area (Å²) in [6, 6.07) is 0. The average Bonchev–Trinajstić information content (AvgIpc) is 2.80. The monoisotopic (exact) mass is 548 g/mol. The van der Waals surface area contributed by atoms with Gasteiger partial charge in [-0.25, -0.2) is 0 Å². The number of halogens is 1. The predicted molar refractivity (Wildman–Crippen MR) is 155 cm³/mol. The second-order valence-corrected chi connectivity index (χ2v) is 15.4. The molecular weight excluding hydrogens is 483 g/mol. The molecule has 0 aliphatic rings. The molecule has 0 rings (SSSR count). The van der Waals surface area contributed by atoms with Gasteiger partial charge in [0.05, 0.1) is 24.6 Å². The van der Waals surface area contributed by atoms with Gasteiger partial charge in [-0.05, 0) is 32.1 Å². The maximum Gasteiger partial charge on any atom is 0.0594 e. The third-order valence-electron chi connectivity index (χ3n) is 7.69. The van der Waals surface area contributed by atoms with Crippen LogP contribution in [0, 0.1) is 0 Å². The highest BCUT2D eigenvalue weighted by atomic mass is 79.9. The van der Waals surface area contributed by atoms with Gasteiger partial charge in [-0.2, -0.15) is 0 Å². The van der Waals surface area contributed by atoms with Crippen molar-refractivity contribution in [3.05, 3.63) is 0 Å². The summed E-state index contributed by atoms with van der Waals surface area (Å²) in [5.74, 6) is 0. The summed E-state index contributed by atoms with van der Waals surface area (Å²) in [7, 11) is -0.670. The molecule has 0 spiro atoms. The molecule has 0 heterocycles. The summed E-state index contributed by atoms with van der Waals surface area (Å²) in [6.45, 7) is 9.44. The second-order valence-electron chi connectivity index (χ2n) is 11.0. The van der Waals surface area contributed by atoms with Crippen molar-refractivity contribution >= 4 is 7.26 Å². The summed E-state index contributed by atoms with van der Waals surface area (Å²) in [4.78, 5) is 0. The van der Waals surface area contributed by atoms with E-state index < -0.39 is 7.26 Å². The van der Waals surface area contributed by atoms with Crippen LogP contribution >= 0.6 is 7.26 Å². The Morgan fingerprint density at radius 1 is 0.273 bits per heavy atom. The molecule has 0 atom stereocenters. The maximum atomic E-state index is 2.38. The Morgan fingerprint density at radius 2 is 0.455 bits per heavy atom. The van der Waals surface area contributed by atoms with Crippen molar-refractivity contribution in [2.24, 2.45) is 0 Å². The van der Waals surface area contributed by atoms with Crippen molar-refractivity contribution in [3.8, 4) is 0 Å². The van der Waals surface area contributed by atoms with Gasteiger partial charge in [-0.15, -0.1) is 0 Å². The number of unbranched alkanes of at least 4 members (excludes halogenated alkanes) is 19. The van der Waals surface area contributed by atoms with Gasteiger partial charge in [-0.1, -0.05) is 143 Å². The quantitative estimate of drug-likeness (QED) is 0.0708. The fourth-order valence-corrected chi connectivity index (χ4v) is 10.3. The van der Waals surface area contributed by atoms with Crippen molar-refractivity contribution in [1.29, 1.82) is 0 Å². The molecule has 0 fully saturated rings. The zero-order chi connectivity index (χ0) is 23.6. The van der Waals surface area contributed by atoms with E-state index in [0.29, 0.717) is 0 Å². The van der Waals surface area contributed by atoms with Gasteiger partial charge in [0.2, 0.25) is 0 Å². The third-order valence-corrected chi connectivity index (χ3v) is 12.8. The largest absolute Gasteiger partial charge is 1.00 e. The fraction of sp³-hybridized carbons (Fsp3) is 1.00. The smallest absolute Gasteiger partial charge is 0.0594 e. The molecule has 0 radical (unpaired) electrons. The lowest BCUT2D eigenvalue weighted by Gasteiger charge is -2.28. The Balaban J connectivity index is 0. The maximum absolute atomic E-state index is 2.38. The van der Waals surface area contributed by atoms with Gasteiger partial charge < -0.3 is 17.0 Å². The fourth-order valence-electron chi connectivity index (χ4n) is 5.40. The van der Waals surface area contributed by atoms with Crippen LogP contribution in [0.2, 0.25) is 0 Å². The summed E-state index contributed by atoms with van der Waals surface area (Å²) in [5, 5.41) is 0. The van der Waals surface area contributed by atoms with Crippen molar-refractivity contribution in [2.75, 3.05) is 24.6 Å². The summed E-state index contributed by atoms with van der Waals surface area (Å²) in [5.41, 5.74) is 0. The van der Waals surface area contributed by atoms with Crippen LogP contribution in [0.1, 0.15) is 175 Å². The molecule has 0 aromatic heterocycles. The summed E-state index contributed by atoms with van der Waals surface area (Å²) >= 11 is 0. The summed E-state index contributed by atoms with van der Waals surface area (Å²) < 4.78 is 0. The molecule has 2 heteroatoms. The number of hydrogen-bond donors (Lipinski definition) is 0. The van der Waals surface area contributed by atoms with E-state index in [-0.39, 0.29) is 17.0 Å². The van der Waals surface area contributed by atoms with E-state index in [9.17, 15) is 0 Å². The molecule has 0 aromatic rings. The molecule has 202 valence electrons. The second kappa shape index (κ2) is 29.1. The van der Waals surface area contributed by atoms with Crippen LogP contribution in [0.5, 0.6) is 0 Å². The molecule has 0 nitrogen and oxygen atoms in total. The van der Waals surface area contributed by atoms with Crippen LogP contribution in [0.3, 0.4) is 0 Å². The Hall–Kier alpha value is 0.910. The van der Waals surface area contributed by atoms with Gasteiger partial charge in [0.25, 0.3) is 0 Å². The van der Waals surface area contributed by atoms with Crippen LogP contribution in [0.4, 0.5) is 0 Å². The molecule has 33 heavy (non-hydrogen) atoms. The van der Waals surface area contributed by atoms with Crippen molar-refractivity contribution < 1.29 is 17.0 Å². The van der Waals surface area contributed by atoms with Gasteiger partial charge >= 0.3 is 0 Å². The first-order valence-corrected chi connectivity index (χ1v) is 18.1. The van der Waals surface area contributed by atoms with Gasteiger partial charge in [-0.3, -0.25) is 0 Å². The molecular formula is C31H66BrP.